The van der Waals surface area contributed by atoms with Crippen molar-refractivity contribution in [3.8, 4) is 11.3 Å². The van der Waals surface area contributed by atoms with Gasteiger partial charge in [0.25, 0.3) is 0 Å². The summed E-state index contributed by atoms with van der Waals surface area (Å²) in [5.41, 5.74) is 2.81. The minimum Gasteiger partial charge on any atom is -0.359 e. The Kier molecular flexibility index (Phi) is 4.01. The molecule has 0 fully saturated rings. The summed E-state index contributed by atoms with van der Waals surface area (Å²) in [4.78, 5) is 13.3. The molecule has 22 heavy (non-hydrogen) atoms. The average molecular weight is 311 g/mol. The first-order valence-corrected chi connectivity index (χ1v) is 6.96. The van der Waals surface area contributed by atoms with E-state index in [1.54, 1.807) is 30.7 Å². The van der Waals surface area contributed by atoms with E-state index in [9.17, 15) is 0 Å². The molecule has 0 aliphatic heterocycles. The number of rotatable bonds is 4. The van der Waals surface area contributed by atoms with Gasteiger partial charge in [-0.1, -0.05) is 6.08 Å². The van der Waals surface area contributed by atoms with E-state index in [2.05, 4.69) is 42.4 Å². The molecule has 0 atom stereocenters. The van der Waals surface area contributed by atoms with Crippen molar-refractivity contribution in [2.24, 2.45) is 0 Å². The van der Waals surface area contributed by atoms with E-state index >= 15 is 0 Å². The van der Waals surface area contributed by atoms with Gasteiger partial charge in [-0.2, -0.15) is 5.10 Å². The largest absolute Gasteiger partial charge is 0.359 e. The zero-order valence-electron chi connectivity index (χ0n) is 11.6. The van der Waals surface area contributed by atoms with E-state index < -0.39 is 0 Å². The van der Waals surface area contributed by atoms with Gasteiger partial charge in [0.1, 0.15) is 11.3 Å². The Bertz CT molecular complexity index is 813. The van der Waals surface area contributed by atoms with Crippen molar-refractivity contribution in [3.05, 3.63) is 43.4 Å². The molecule has 0 amide bonds. The highest BCUT2D eigenvalue weighted by molar-refractivity contribution is 7.80. The van der Waals surface area contributed by atoms with Gasteiger partial charge < -0.3 is 10.6 Å². The average Bonchev–Trinajstić information content (AvgIpc) is 3.06. The summed E-state index contributed by atoms with van der Waals surface area (Å²) in [7, 11) is 0. The van der Waals surface area contributed by atoms with Gasteiger partial charge in [-0.15, -0.1) is 6.58 Å². The molecule has 3 heterocycles. The monoisotopic (exact) mass is 311 g/mol. The molecule has 110 valence electrons. The second-order valence-corrected chi connectivity index (χ2v) is 4.81. The van der Waals surface area contributed by atoms with Crippen molar-refractivity contribution < 1.29 is 0 Å². The predicted molar refractivity (Wildman–Crippen MR) is 89.3 cm³/mol. The van der Waals surface area contributed by atoms with E-state index in [-0.39, 0.29) is 0 Å². The highest BCUT2D eigenvalue weighted by atomic mass is 32.1. The van der Waals surface area contributed by atoms with Gasteiger partial charge in [-0.05, 0) is 24.4 Å². The number of fused-ring (bicyclic) bond motifs is 1. The number of H-pyrrole nitrogens is 1. The number of hydrogen-bond acceptors (Lipinski definition) is 5. The number of aromatic nitrogens is 5. The number of nitrogens with zero attached hydrogens (tertiary/aromatic N) is 4. The molecule has 0 spiro atoms. The van der Waals surface area contributed by atoms with Crippen LogP contribution in [-0.2, 0) is 0 Å². The van der Waals surface area contributed by atoms with E-state index in [4.69, 9.17) is 12.2 Å². The Morgan fingerprint density at radius 3 is 3.00 bits per heavy atom. The number of anilines is 1. The van der Waals surface area contributed by atoms with Crippen molar-refractivity contribution in [1.82, 2.24) is 30.5 Å². The molecule has 0 bridgehead atoms. The number of thiocarbonyl (C=S) groups is 1. The van der Waals surface area contributed by atoms with Crippen LogP contribution in [0.15, 0.2) is 43.4 Å². The highest BCUT2D eigenvalue weighted by Crippen LogP contribution is 2.17. The van der Waals surface area contributed by atoms with Crippen LogP contribution in [0.1, 0.15) is 0 Å². The quantitative estimate of drug-likeness (QED) is 0.500. The molecule has 0 aliphatic rings. The maximum atomic E-state index is 5.16. The summed E-state index contributed by atoms with van der Waals surface area (Å²) in [6.45, 7) is 4.21. The topological polar surface area (TPSA) is 91.4 Å². The number of pyridine rings is 1. The summed E-state index contributed by atoms with van der Waals surface area (Å²) in [5.74, 6) is 0.604. The maximum absolute atomic E-state index is 5.16. The smallest absolute Gasteiger partial charge is 0.180 e. The SMILES string of the molecule is C=CCNC(=S)Nc1ccc2ncc(-c3cn[nH]c3)nc2n1. The summed E-state index contributed by atoms with van der Waals surface area (Å²) in [6.07, 6.45) is 6.86. The van der Waals surface area contributed by atoms with Gasteiger partial charge in [0.15, 0.2) is 10.8 Å². The van der Waals surface area contributed by atoms with Crippen LogP contribution in [0.2, 0.25) is 0 Å². The zero-order valence-corrected chi connectivity index (χ0v) is 12.4. The minimum absolute atomic E-state index is 0.477. The van der Waals surface area contributed by atoms with Gasteiger partial charge in [0.2, 0.25) is 0 Å². The molecular weight excluding hydrogens is 298 g/mol. The molecule has 0 radical (unpaired) electrons. The van der Waals surface area contributed by atoms with E-state index in [1.807, 2.05) is 6.07 Å². The first kappa shape index (κ1) is 14.1. The van der Waals surface area contributed by atoms with Gasteiger partial charge in [-0.3, -0.25) is 10.1 Å². The molecule has 0 saturated carbocycles. The Labute approximate surface area is 131 Å². The summed E-state index contributed by atoms with van der Waals surface area (Å²) >= 11 is 5.16. The van der Waals surface area contributed by atoms with Crippen LogP contribution in [0.25, 0.3) is 22.4 Å². The summed E-state index contributed by atoms with van der Waals surface area (Å²) < 4.78 is 0. The van der Waals surface area contributed by atoms with Gasteiger partial charge in [0.05, 0.1) is 18.1 Å². The van der Waals surface area contributed by atoms with Crippen molar-refractivity contribution in [1.29, 1.82) is 0 Å². The lowest BCUT2D eigenvalue weighted by atomic mass is 10.2. The third-order valence-corrected chi connectivity index (χ3v) is 3.10. The lowest BCUT2D eigenvalue weighted by Crippen LogP contribution is -2.28. The Morgan fingerprint density at radius 1 is 1.32 bits per heavy atom. The predicted octanol–water partition coefficient (Wildman–Crippen LogP) is 1.89. The molecule has 7 nitrogen and oxygen atoms in total. The fourth-order valence-electron chi connectivity index (χ4n) is 1.82. The van der Waals surface area contributed by atoms with Crippen molar-refractivity contribution >= 4 is 34.3 Å². The van der Waals surface area contributed by atoms with Crippen LogP contribution in [0.3, 0.4) is 0 Å². The minimum atomic E-state index is 0.477. The molecule has 8 heteroatoms. The molecule has 0 saturated heterocycles. The molecule has 3 aromatic rings. The van der Waals surface area contributed by atoms with Gasteiger partial charge in [0, 0.05) is 18.3 Å². The molecule has 0 aliphatic carbocycles. The van der Waals surface area contributed by atoms with Crippen LogP contribution in [-0.4, -0.2) is 36.8 Å². The number of nitrogens with one attached hydrogen (secondary N) is 3. The van der Waals surface area contributed by atoms with Crippen LogP contribution < -0.4 is 10.6 Å². The molecule has 0 aromatic carbocycles. The second kappa shape index (κ2) is 6.27. The van der Waals surface area contributed by atoms with Gasteiger partial charge >= 0.3 is 0 Å². The van der Waals surface area contributed by atoms with Crippen molar-refractivity contribution in [2.45, 2.75) is 0 Å². The number of aromatic amines is 1. The van der Waals surface area contributed by atoms with Crippen LogP contribution in [0, 0.1) is 0 Å². The number of hydrogen-bond donors (Lipinski definition) is 3. The zero-order chi connectivity index (χ0) is 15.4. The molecule has 3 N–H and O–H groups in total. The molecule has 3 rings (SSSR count). The maximum Gasteiger partial charge on any atom is 0.180 e. The Hall–Kier alpha value is -2.87. The lowest BCUT2D eigenvalue weighted by Gasteiger charge is -2.08. The first-order chi connectivity index (χ1) is 10.8. The standard InChI is InChI=1S/C14H13N7S/c1-2-5-15-14(22)21-12-4-3-10-13(20-12)19-11(8-16-10)9-6-17-18-7-9/h2-4,6-8H,1,5H2,(H,17,18)(H2,15,19,20,21,22). The summed E-state index contributed by atoms with van der Waals surface area (Å²) in [5, 5.41) is 13.1. The highest BCUT2D eigenvalue weighted by Gasteiger charge is 2.06. The van der Waals surface area contributed by atoms with Crippen LogP contribution in [0.4, 0.5) is 5.82 Å². The Morgan fingerprint density at radius 2 is 2.23 bits per heavy atom. The third kappa shape index (κ3) is 3.07. The normalized spacial score (nSPS) is 10.4. The Balaban J connectivity index is 1.87. The molecule has 3 aromatic heterocycles. The van der Waals surface area contributed by atoms with Gasteiger partial charge in [-0.25, -0.2) is 9.97 Å². The summed E-state index contributed by atoms with van der Waals surface area (Å²) in [6, 6.07) is 3.64. The lowest BCUT2D eigenvalue weighted by molar-refractivity contribution is 1.06. The van der Waals surface area contributed by atoms with Crippen molar-refractivity contribution in [2.75, 3.05) is 11.9 Å². The third-order valence-electron chi connectivity index (χ3n) is 2.85. The van der Waals surface area contributed by atoms with Crippen LogP contribution >= 0.6 is 12.2 Å². The fraction of sp³-hybridized carbons (Fsp3) is 0.0714. The first-order valence-electron chi connectivity index (χ1n) is 6.55. The van der Waals surface area contributed by atoms with E-state index in [0.717, 1.165) is 5.56 Å². The second-order valence-electron chi connectivity index (χ2n) is 4.41. The van der Waals surface area contributed by atoms with Crippen molar-refractivity contribution in [3.63, 3.8) is 0 Å². The molecular formula is C14H13N7S. The van der Waals surface area contributed by atoms with Crippen LogP contribution in [0.5, 0.6) is 0 Å². The van der Waals surface area contributed by atoms with E-state index in [0.29, 0.717) is 34.3 Å². The fourth-order valence-corrected chi connectivity index (χ4v) is 2.01. The molecule has 0 unspecified atom stereocenters. The van der Waals surface area contributed by atoms with E-state index in [1.165, 1.54) is 0 Å².